The van der Waals surface area contributed by atoms with Gasteiger partial charge in [0, 0.05) is 11.6 Å². The Labute approximate surface area is 141 Å². The molecule has 24 heavy (non-hydrogen) atoms. The molecule has 1 fully saturated rings. The number of nitrogens with one attached hydrogen (secondary N) is 2. The predicted molar refractivity (Wildman–Crippen MR) is 93.8 cm³/mol. The van der Waals surface area contributed by atoms with E-state index in [1.165, 1.54) is 17.2 Å². The lowest BCUT2D eigenvalue weighted by Gasteiger charge is -2.08. The zero-order chi connectivity index (χ0) is 17.3. The molecule has 4 N–H and O–H groups in total. The molecule has 126 valence electrons. The maximum atomic E-state index is 12.4. The van der Waals surface area contributed by atoms with E-state index >= 15 is 0 Å². The first-order chi connectivity index (χ1) is 11.3. The first-order valence-corrected chi connectivity index (χ1v) is 9.14. The molecular weight excluding hydrogens is 326 g/mol. The van der Waals surface area contributed by atoms with Crippen molar-refractivity contribution in [2.24, 2.45) is 11.1 Å². The molecule has 1 aliphatic carbocycles. The highest BCUT2D eigenvalue weighted by atomic mass is 32.2. The third-order valence-corrected chi connectivity index (χ3v) is 4.51. The molecule has 0 aliphatic heterocycles. The minimum Gasteiger partial charge on any atom is -0.326 e. The summed E-state index contributed by atoms with van der Waals surface area (Å²) in [7, 11) is -3.84. The fourth-order valence-corrected chi connectivity index (χ4v) is 3.27. The lowest BCUT2D eigenvalue weighted by atomic mass is 10.1. The van der Waals surface area contributed by atoms with Crippen molar-refractivity contribution in [3.8, 4) is 0 Å². The van der Waals surface area contributed by atoms with Gasteiger partial charge in [-0.2, -0.15) is 8.42 Å². The number of hydrogen-bond donors (Lipinski definition) is 3. The second-order valence-corrected chi connectivity index (χ2v) is 7.37. The van der Waals surface area contributed by atoms with Crippen molar-refractivity contribution in [2.75, 3.05) is 10.0 Å². The summed E-state index contributed by atoms with van der Waals surface area (Å²) in [5, 5.41) is 7.78. The third kappa shape index (κ3) is 4.12. The Morgan fingerprint density at radius 3 is 2.54 bits per heavy atom. The number of amides is 1. The van der Waals surface area contributed by atoms with E-state index < -0.39 is 10.2 Å². The summed E-state index contributed by atoms with van der Waals surface area (Å²) in [6, 6.07) is 14.6. The van der Waals surface area contributed by atoms with Crippen molar-refractivity contribution < 1.29 is 13.2 Å². The Morgan fingerprint density at radius 2 is 1.83 bits per heavy atom. The van der Waals surface area contributed by atoms with Gasteiger partial charge in [-0.25, -0.2) is 5.14 Å². The molecule has 1 aliphatic rings. The zero-order valence-electron chi connectivity index (χ0n) is 13.2. The van der Waals surface area contributed by atoms with Gasteiger partial charge in [0.05, 0.1) is 5.69 Å². The highest BCUT2D eigenvalue weighted by molar-refractivity contribution is 7.90. The van der Waals surface area contributed by atoms with E-state index in [9.17, 15) is 13.2 Å². The minimum absolute atomic E-state index is 0.0540. The molecule has 2 aromatic carbocycles. The van der Waals surface area contributed by atoms with Crippen molar-refractivity contribution in [3.63, 3.8) is 0 Å². The van der Waals surface area contributed by atoms with Gasteiger partial charge in [0.2, 0.25) is 5.91 Å². The van der Waals surface area contributed by atoms with Crippen LogP contribution in [0.5, 0.6) is 0 Å². The normalized spacial score (nSPS) is 19.6. The fraction of sp³-hybridized carbons (Fsp3) is 0.235. The molecule has 0 heterocycles. The first kappa shape index (κ1) is 16.5. The van der Waals surface area contributed by atoms with Crippen molar-refractivity contribution in [3.05, 3.63) is 59.7 Å². The molecule has 0 spiro atoms. The van der Waals surface area contributed by atoms with E-state index in [0.29, 0.717) is 11.4 Å². The molecule has 0 radical (unpaired) electrons. The van der Waals surface area contributed by atoms with Crippen LogP contribution in [0, 0.1) is 12.8 Å². The van der Waals surface area contributed by atoms with Gasteiger partial charge in [-0.15, -0.1) is 0 Å². The number of carbonyl (C=O) groups is 1. The highest BCUT2D eigenvalue weighted by Gasteiger charge is 2.43. The van der Waals surface area contributed by atoms with Gasteiger partial charge >= 0.3 is 0 Å². The van der Waals surface area contributed by atoms with Gasteiger partial charge in [-0.05, 0) is 43.0 Å². The van der Waals surface area contributed by atoms with Crippen molar-refractivity contribution in [2.45, 2.75) is 19.3 Å². The summed E-state index contributed by atoms with van der Waals surface area (Å²) in [5.41, 5.74) is 3.20. The van der Waals surface area contributed by atoms with Crippen LogP contribution >= 0.6 is 0 Å². The molecule has 0 saturated heterocycles. The van der Waals surface area contributed by atoms with Gasteiger partial charge < -0.3 is 5.32 Å². The zero-order valence-corrected chi connectivity index (χ0v) is 14.0. The van der Waals surface area contributed by atoms with E-state index in [2.05, 4.69) is 16.1 Å². The molecule has 2 atom stereocenters. The summed E-state index contributed by atoms with van der Waals surface area (Å²) < 4.78 is 24.3. The Kier molecular flexibility index (Phi) is 4.29. The monoisotopic (exact) mass is 345 g/mol. The Balaban J connectivity index is 1.65. The van der Waals surface area contributed by atoms with Gasteiger partial charge in [0.25, 0.3) is 10.2 Å². The number of rotatable bonds is 5. The number of aryl methyl sites for hydroxylation is 1. The number of nitrogens with two attached hydrogens (primary N) is 1. The standard InChI is InChI=1S/C17H19N3O3S/c1-11-4-2-5-12(8-11)15-10-16(15)17(21)19-13-6-3-7-14(9-13)20-24(18,22)23/h2-9,15-16,20H,10H2,1H3,(H,19,21)(H2,18,22,23)/t15-,16+/m0/s1. The minimum atomic E-state index is -3.84. The molecule has 1 saturated carbocycles. The van der Waals surface area contributed by atoms with E-state index in [1.54, 1.807) is 18.2 Å². The maximum absolute atomic E-state index is 12.4. The molecule has 2 aromatic rings. The molecule has 1 amide bonds. The van der Waals surface area contributed by atoms with Gasteiger partial charge in [0.1, 0.15) is 0 Å². The second kappa shape index (κ2) is 6.26. The summed E-state index contributed by atoms with van der Waals surface area (Å²) in [6.07, 6.45) is 0.824. The summed E-state index contributed by atoms with van der Waals surface area (Å²) in [5.74, 6) is 0.131. The maximum Gasteiger partial charge on any atom is 0.296 e. The highest BCUT2D eigenvalue weighted by Crippen LogP contribution is 2.48. The Bertz CT molecular complexity index is 880. The van der Waals surface area contributed by atoms with Crippen LogP contribution in [0.2, 0.25) is 0 Å². The quantitative estimate of drug-likeness (QED) is 0.775. The third-order valence-electron chi connectivity index (χ3n) is 3.99. The van der Waals surface area contributed by atoms with Crippen LogP contribution in [0.1, 0.15) is 23.5 Å². The van der Waals surface area contributed by atoms with Crippen LogP contribution in [0.4, 0.5) is 11.4 Å². The van der Waals surface area contributed by atoms with E-state index in [0.717, 1.165) is 6.42 Å². The molecule has 3 rings (SSSR count). The fourth-order valence-electron chi connectivity index (χ4n) is 2.81. The van der Waals surface area contributed by atoms with E-state index in [-0.39, 0.29) is 17.7 Å². The topological polar surface area (TPSA) is 101 Å². The van der Waals surface area contributed by atoms with E-state index in [4.69, 9.17) is 5.14 Å². The lowest BCUT2D eigenvalue weighted by molar-refractivity contribution is -0.117. The number of carbonyl (C=O) groups excluding carboxylic acids is 1. The summed E-state index contributed by atoms with van der Waals surface area (Å²) in [6.45, 7) is 2.03. The van der Waals surface area contributed by atoms with Crippen molar-refractivity contribution >= 4 is 27.5 Å². The average Bonchev–Trinajstić information content (AvgIpc) is 3.26. The van der Waals surface area contributed by atoms with E-state index in [1.807, 2.05) is 25.1 Å². The second-order valence-electron chi connectivity index (χ2n) is 6.08. The molecule has 0 aromatic heterocycles. The smallest absolute Gasteiger partial charge is 0.296 e. The molecule has 7 heteroatoms. The Hall–Kier alpha value is -2.38. The lowest BCUT2D eigenvalue weighted by Crippen LogP contribution is -2.21. The molecule has 0 bridgehead atoms. The molecule has 0 unspecified atom stereocenters. The molecular formula is C17H19N3O3S. The number of hydrogen-bond acceptors (Lipinski definition) is 3. The van der Waals surface area contributed by atoms with Gasteiger partial charge in [-0.1, -0.05) is 35.9 Å². The van der Waals surface area contributed by atoms with Crippen LogP contribution in [0.15, 0.2) is 48.5 Å². The number of benzene rings is 2. The summed E-state index contributed by atoms with van der Waals surface area (Å²) in [4.78, 5) is 12.4. The predicted octanol–water partition coefficient (Wildman–Crippen LogP) is 2.35. The SMILES string of the molecule is Cc1cccc([C@@H]2C[C@H]2C(=O)Nc2cccc(NS(N)(=O)=O)c2)c1. The average molecular weight is 345 g/mol. The van der Waals surface area contributed by atoms with Crippen molar-refractivity contribution in [1.29, 1.82) is 0 Å². The van der Waals surface area contributed by atoms with Crippen molar-refractivity contribution in [1.82, 2.24) is 0 Å². The van der Waals surface area contributed by atoms with Crippen LogP contribution < -0.4 is 15.2 Å². The van der Waals surface area contributed by atoms with Crippen LogP contribution in [0.25, 0.3) is 0 Å². The number of anilines is 2. The Morgan fingerprint density at radius 1 is 1.12 bits per heavy atom. The largest absolute Gasteiger partial charge is 0.326 e. The van der Waals surface area contributed by atoms with Crippen LogP contribution in [-0.4, -0.2) is 14.3 Å². The van der Waals surface area contributed by atoms with Crippen LogP contribution in [-0.2, 0) is 15.0 Å². The van der Waals surface area contributed by atoms with Gasteiger partial charge in [-0.3, -0.25) is 9.52 Å². The molecule has 6 nitrogen and oxygen atoms in total. The van der Waals surface area contributed by atoms with Crippen LogP contribution in [0.3, 0.4) is 0 Å². The summed E-state index contributed by atoms with van der Waals surface area (Å²) >= 11 is 0. The first-order valence-electron chi connectivity index (χ1n) is 7.60. The van der Waals surface area contributed by atoms with Gasteiger partial charge in [0.15, 0.2) is 0 Å².